The van der Waals surface area contributed by atoms with Gasteiger partial charge in [0.2, 0.25) is 0 Å². The lowest BCUT2D eigenvalue weighted by atomic mass is 10.0. The second-order valence-corrected chi connectivity index (χ2v) is 16.4. The SMILES string of the molecule is CC(=N[S@](=O)C(C)(C)C)c1cc(Br)ccc1F.CC(C)(C)[S@@](=O)N1C[C@@]1(C)c1cc(Br)ccc1F. The molecule has 0 saturated carbocycles. The first-order valence-electron chi connectivity index (χ1n) is 11.0. The van der Waals surface area contributed by atoms with Crippen LogP contribution in [0.25, 0.3) is 0 Å². The Morgan fingerprint density at radius 1 is 0.943 bits per heavy atom. The molecule has 0 bridgehead atoms. The molecule has 1 fully saturated rings. The van der Waals surface area contributed by atoms with Gasteiger partial charge in [-0.05, 0) is 91.8 Å². The van der Waals surface area contributed by atoms with Crippen molar-refractivity contribution in [3.05, 3.63) is 68.1 Å². The van der Waals surface area contributed by atoms with Crippen LogP contribution in [-0.2, 0) is 27.5 Å². The molecule has 4 atom stereocenters. The van der Waals surface area contributed by atoms with Gasteiger partial charge in [-0.1, -0.05) is 31.9 Å². The molecule has 194 valence electrons. The zero-order chi connectivity index (χ0) is 26.9. The van der Waals surface area contributed by atoms with Gasteiger partial charge in [0.05, 0.1) is 20.7 Å². The summed E-state index contributed by atoms with van der Waals surface area (Å²) in [5.41, 5.74) is 0.968. The van der Waals surface area contributed by atoms with Crippen molar-refractivity contribution in [2.24, 2.45) is 4.40 Å². The summed E-state index contributed by atoms with van der Waals surface area (Å²) in [4.78, 5) is 0. The number of halogens is 4. The molecule has 0 N–H and O–H groups in total. The molecule has 1 aliphatic rings. The van der Waals surface area contributed by atoms with Gasteiger partial charge in [0.25, 0.3) is 0 Å². The summed E-state index contributed by atoms with van der Waals surface area (Å²) in [5, 5.41) is 0. The van der Waals surface area contributed by atoms with Crippen molar-refractivity contribution in [1.82, 2.24) is 4.31 Å². The minimum atomic E-state index is -1.38. The smallest absolute Gasteiger partial charge is 0.145 e. The number of rotatable bonds is 4. The lowest BCUT2D eigenvalue weighted by molar-refractivity contribution is 0.529. The molecule has 10 heteroatoms. The fourth-order valence-electron chi connectivity index (χ4n) is 3.03. The van der Waals surface area contributed by atoms with Crippen LogP contribution in [-0.4, -0.2) is 34.5 Å². The monoisotopic (exact) mass is 652 g/mol. The Balaban J connectivity index is 0.000000247. The van der Waals surface area contributed by atoms with Crippen LogP contribution in [0.15, 0.2) is 49.7 Å². The average Bonchev–Trinajstić information content (AvgIpc) is 3.42. The van der Waals surface area contributed by atoms with Gasteiger partial charge in [0.1, 0.15) is 33.6 Å². The summed E-state index contributed by atoms with van der Waals surface area (Å²) >= 11 is 6.62. The molecular formula is C25H32Br2F2N2O2S2. The predicted octanol–water partition coefficient (Wildman–Crippen LogP) is 7.44. The number of hydrogen-bond acceptors (Lipinski definition) is 2. The summed E-state index contributed by atoms with van der Waals surface area (Å²) in [5.74, 6) is -0.602. The molecular weight excluding hydrogens is 622 g/mol. The molecule has 1 saturated heterocycles. The Bertz CT molecular complexity index is 1180. The molecule has 3 rings (SSSR count). The van der Waals surface area contributed by atoms with Crippen molar-refractivity contribution in [2.75, 3.05) is 6.54 Å². The Kier molecular flexibility index (Phi) is 9.81. The molecule has 0 radical (unpaired) electrons. The van der Waals surface area contributed by atoms with Crippen molar-refractivity contribution >= 4 is 59.5 Å². The van der Waals surface area contributed by atoms with E-state index in [2.05, 4.69) is 36.3 Å². The molecule has 1 aliphatic heterocycles. The molecule has 0 spiro atoms. The molecule has 0 amide bonds. The van der Waals surface area contributed by atoms with Crippen molar-refractivity contribution in [3.63, 3.8) is 0 Å². The molecule has 2 aromatic carbocycles. The Labute approximate surface area is 229 Å². The molecule has 35 heavy (non-hydrogen) atoms. The van der Waals surface area contributed by atoms with E-state index in [1.54, 1.807) is 31.2 Å². The maximum Gasteiger partial charge on any atom is 0.145 e. The highest BCUT2D eigenvalue weighted by Crippen LogP contribution is 2.47. The van der Waals surface area contributed by atoms with Gasteiger partial charge in [-0.2, -0.15) is 4.40 Å². The minimum Gasteiger partial charge on any atom is -0.242 e. The number of hydrogen-bond donors (Lipinski definition) is 0. The maximum atomic E-state index is 13.9. The highest BCUT2D eigenvalue weighted by molar-refractivity contribution is 9.10. The largest absolute Gasteiger partial charge is 0.242 e. The van der Waals surface area contributed by atoms with Crippen molar-refractivity contribution in [3.8, 4) is 0 Å². The fraction of sp³-hybridized carbons (Fsp3) is 0.480. The van der Waals surface area contributed by atoms with Crippen LogP contribution < -0.4 is 0 Å². The topological polar surface area (TPSA) is 49.5 Å². The normalized spacial score (nSPS) is 22.2. The summed E-state index contributed by atoms with van der Waals surface area (Å²) in [7, 11) is -2.49. The van der Waals surface area contributed by atoms with Crippen molar-refractivity contribution in [2.45, 2.75) is 70.4 Å². The van der Waals surface area contributed by atoms with Crippen LogP contribution in [0.4, 0.5) is 8.78 Å². The Hall–Kier alpha value is -0.810. The maximum absolute atomic E-state index is 13.9. The minimum absolute atomic E-state index is 0.242. The van der Waals surface area contributed by atoms with E-state index in [1.165, 1.54) is 12.1 Å². The van der Waals surface area contributed by atoms with E-state index in [1.807, 2.05) is 52.8 Å². The molecule has 1 heterocycles. The first-order valence-corrected chi connectivity index (χ1v) is 14.8. The van der Waals surface area contributed by atoms with Crippen LogP contribution >= 0.6 is 31.9 Å². The van der Waals surface area contributed by atoms with Crippen LogP contribution in [0.5, 0.6) is 0 Å². The van der Waals surface area contributed by atoms with Gasteiger partial charge >= 0.3 is 0 Å². The van der Waals surface area contributed by atoms with Gasteiger partial charge in [0, 0.05) is 26.6 Å². The van der Waals surface area contributed by atoms with Crippen LogP contribution in [0, 0.1) is 11.6 Å². The third-order valence-corrected chi connectivity index (χ3v) is 9.65. The van der Waals surface area contributed by atoms with E-state index in [-0.39, 0.29) is 16.4 Å². The summed E-state index contributed by atoms with van der Waals surface area (Å²) in [6.45, 7) is 15.5. The van der Waals surface area contributed by atoms with E-state index in [0.29, 0.717) is 23.4 Å². The molecule has 2 aromatic rings. The van der Waals surface area contributed by atoms with Gasteiger partial charge in [-0.15, -0.1) is 0 Å². The molecule has 0 aliphatic carbocycles. The third-order valence-electron chi connectivity index (χ3n) is 5.19. The van der Waals surface area contributed by atoms with Crippen molar-refractivity contribution < 1.29 is 17.2 Å². The first-order chi connectivity index (χ1) is 15.9. The molecule has 4 nitrogen and oxygen atoms in total. The average molecular weight is 654 g/mol. The van der Waals surface area contributed by atoms with Crippen LogP contribution in [0.2, 0.25) is 0 Å². The first kappa shape index (κ1) is 30.4. The van der Waals surface area contributed by atoms with E-state index in [0.717, 1.165) is 8.95 Å². The number of nitrogens with zero attached hydrogens (tertiary/aromatic N) is 2. The second-order valence-electron chi connectivity index (χ2n) is 10.5. The summed E-state index contributed by atoms with van der Waals surface area (Å²) in [6, 6.07) is 9.51. The van der Waals surface area contributed by atoms with E-state index >= 15 is 0 Å². The highest BCUT2D eigenvalue weighted by Gasteiger charge is 2.55. The standard InChI is InChI=1S/C13H17BrFNOS.C12H15BrFNOS/c1-12(2,3)18(17)16-8-13(16,4)10-7-9(14)5-6-11(10)15;1-8(15-17(16)12(2,3)4)10-7-9(13)5-6-11(10)14/h5-7H,8H2,1-4H3;5-7H,1-4H3/t13-,16?,18+;17-/m01/s1. The Morgan fingerprint density at radius 3 is 1.97 bits per heavy atom. The lowest BCUT2D eigenvalue weighted by Crippen LogP contribution is -2.30. The van der Waals surface area contributed by atoms with Gasteiger partial charge < -0.3 is 0 Å². The highest BCUT2D eigenvalue weighted by atomic mass is 79.9. The van der Waals surface area contributed by atoms with Crippen LogP contribution in [0.1, 0.15) is 66.5 Å². The third kappa shape index (κ3) is 7.84. The van der Waals surface area contributed by atoms with E-state index in [9.17, 15) is 17.2 Å². The summed E-state index contributed by atoms with van der Waals surface area (Å²) in [6.07, 6.45) is 0. The summed E-state index contributed by atoms with van der Waals surface area (Å²) < 4.78 is 58.4. The quantitative estimate of drug-likeness (QED) is 0.254. The zero-order valence-corrected chi connectivity index (χ0v) is 26.0. The molecule has 0 aromatic heterocycles. The van der Waals surface area contributed by atoms with E-state index < -0.39 is 32.3 Å². The Morgan fingerprint density at radius 2 is 1.46 bits per heavy atom. The van der Waals surface area contributed by atoms with E-state index in [4.69, 9.17) is 0 Å². The lowest BCUT2D eigenvalue weighted by Gasteiger charge is -2.21. The van der Waals surface area contributed by atoms with Crippen LogP contribution in [0.3, 0.4) is 0 Å². The predicted molar refractivity (Wildman–Crippen MR) is 150 cm³/mol. The van der Waals surface area contributed by atoms with Crippen molar-refractivity contribution in [1.29, 1.82) is 0 Å². The molecule has 1 unspecified atom stereocenters. The fourth-order valence-corrected chi connectivity index (χ4v) is 5.87. The van der Waals surface area contributed by atoms with Gasteiger partial charge in [-0.3, -0.25) is 0 Å². The van der Waals surface area contributed by atoms with Gasteiger partial charge in [-0.25, -0.2) is 21.5 Å². The second kappa shape index (κ2) is 11.3. The zero-order valence-electron chi connectivity index (χ0n) is 21.2. The van der Waals surface area contributed by atoms with Gasteiger partial charge in [0.15, 0.2) is 0 Å². The number of benzene rings is 2.